The topological polar surface area (TPSA) is 32.8 Å². The summed E-state index contributed by atoms with van der Waals surface area (Å²) in [4.78, 5) is 17.2. The molecule has 3 saturated heterocycles. The highest BCUT2D eigenvalue weighted by Gasteiger charge is 2.63. The number of hydrogen-bond donors (Lipinski definition) is 0. The molecule has 5 aliphatic rings. The predicted molar refractivity (Wildman–Crippen MR) is 81.0 cm³/mol. The molecular formula is C17H26N2O2. The Morgan fingerprint density at radius 1 is 1.38 bits per heavy atom. The van der Waals surface area contributed by atoms with E-state index >= 15 is 0 Å². The molecule has 116 valence electrons. The van der Waals surface area contributed by atoms with Gasteiger partial charge in [-0.1, -0.05) is 20.3 Å². The maximum Gasteiger partial charge on any atom is 0.331 e. The van der Waals surface area contributed by atoms with Crippen molar-refractivity contribution < 1.29 is 9.53 Å². The highest BCUT2D eigenvalue weighted by Crippen LogP contribution is 2.54. The van der Waals surface area contributed by atoms with Gasteiger partial charge >= 0.3 is 5.97 Å². The maximum atomic E-state index is 12.0. The molecule has 4 heteroatoms. The smallest absolute Gasteiger partial charge is 0.331 e. The quantitative estimate of drug-likeness (QED) is 0.744. The van der Waals surface area contributed by atoms with Gasteiger partial charge in [0.15, 0.2) is 5.60 Å². The summed E-state index contributed by atoms with van der Waals surface area (Å²) in [6.07, 6.45) is 7.60. The van der Waals surface area contributed by atoms with Gasteiger partial charge in [-0.15, -0.1) is 0 Å². The van der Waals surface area contributed by atoms with Gasteiger partial charge in [-0.05, 0) is 44.5 Å². The molecule has 1 spiro atoms. The fraction of sp³-hybridized carbons (Fsp3) is 0.824. The summed E-state index contributed by atoms with van der Waals surface area (Å²) in [6.45, 7) is 7.83. The second kappa shape index (κ2) is 4.82. The fourth-order valence-electron chi connectivity index (χ4n) is 5.42. The third-order valence-electron chi connectivity index (χ3n) is 6.29. The lowest BCUT2D eigenvalue weighted by atomic mass is 9.63. The van der Waals surface area contributed by atoms with Gasteiger partial charge in [-0.3, -0.25) is 9.80 Å². The lowest BCUT2D eigenvalue weighted by Crippen LogP contribution is -2.73. The van der Waals surface area contributed by atoms with Crippen molar-refractivity contribution in [1.29, 1.82) is 0 Å². The maximum absolute atomic E-state index is 12.0. The molecule has 0 N–H and O–H groups in total. The third-order valence-corrected chi connectivity index (χ3v) is 6.29. The SMILES string of the molecule is CCN(CC)C1CC23OC(=O)C=C2CC1N1CCCCC13. The van der Waals surface area contributed by atoms with Gasteiger partial charge in [0, 0.05) is 24.6 Å². The molecule has 21 heavy (non-hydrogen) atoms. The zero-order chi connectivity index (χ0) is 14.6. The van der Waals surface area contributed by atoms with Crippen molar-refractivity contribution >= 4 is 5.97 Å². The molecule has 0 amide bonds. The zero-order valence-electron chi connectivity index (χ0n) is 13.2. The number of esters is 1. The summed E-state index contributed by atoms with van der Waals surface area (Å²) in [5.74, 6) is -0.101. The standard InChI is InChI=1S/C17H26N2O2/c1-3-18(4-2)14-11-17-12(10-16(20)21-17)9-13(14)19-8-6-5-7-15(17)19/h10,13-15H,3-9,11H2,1-2H3. The van der Waals surface area contributed by atoms with E-state index in [2.05, 4.69) is 23.6 Å². The Labute approximate surface area is 127 Å². The number of hydrogen-bond acceptors (Lipinski definition) is 4. The highest BCUT2D eigenvalue weighted by atomic mass is 16.6. The van der Waals surface area contributed by atoms with Crippen molar-refractivity contribution in [1.82, 2.24) is 9.80 Å². The molecule has 5 rings (SSSR count). The average molecular weight is 290 g/mol. The second-order valence-corrected chi connectivity index (χ2v) is 6.99. The minimum absolute atomic E-state index is 0.101. The van der Waals surface area contributed by atoms with E-state index in [0.717, 1.165) is 25.9 Å². The first kappa shape index (κ1) is 13.8. The zero-order valence-corrected chi connectivity index (χ0v) is 13.2. The summed E-state index contributed by atoms with van der Waals surface area (Å²) >= 11 is 0. The van der Waals surface area contributed by atoms with Crippen LogP contribution < -0.4 is 0 Å². The Morgan fingerprint density at radius 2 is 2.19 bits per heavy atom. The fourth-order valence-corrected chi connectivity index (χ4v) is 5.42. The highest BCUT2D eigenvalue weighted by molar-refractivity contribution is 5.87. The predicted octanol–water partition coefficient (Wildman–Crippen LogP) is 1.95. The van der Waals surface area contributed by atoms with E-state index in [1.165, 1.54) is 31.4 Å². The first-order valence-corrected chi connectivity index (χ1v) is 8.63. The van der Waals surface area contributed by atoms with Gasteiger partial charge in [0.2, 0.25) is 0 Å². The summed E-state index contributed by atoms with van der Waals surface area (Å²) in [5.41, 5.74) is 1.00. The minimum atomic E-state index is -0.292. The van der Waals surface area contributed by atoms with E-state index in [1.807, 2.05) is 0 Å². The average Bonchev–Trinajstić information content (AvgIpc) is 2.84. The Bertz CT molecular complexity index is 485. The normalized spacial score (nSPS) is 41.8. The molecule has 4 nitrogen and oxygen atoms in total. The third kappa shape index (κ3) is 1.78. The van der Waals surface area contributed by atoms with E-state index in [4.69, 9.17) is 4.74 Å². The summed E-state index contributed by atoms with van der Waals surface area (Å²) in [7, 11) is 0. The van der Waals surface area contributed by atoms with Gasteiger partial charge < -0.3 is 4.74 Å². The molecule has 0 aromatic rings. The van der Waals surface area contributed by atoms with Gasteiger partial charge in [-0.25, -0.2) is 4.79 Å². The van der Waals surface area contributed by atoms with Crippen LogP contribution in [-0.2, 0) is 9.53 Å². The summed E-state index contributed by atoms with van der Waals surface area (Å²) in [5, 5.41) is 0. The number of nitrogens with zero attached hydrogens (tertiary/aromatic N) is 2. The number of carbonyl (C=O) groups is 1. The molecule has 4 unspecified atom stereocenters. The number of rotatable bonds is 3. The van der Waals surface area contributed by atoms with Crippen molar-refractivity contribution in [2.24, 2.45) is 0 Å². The van der Waals surface area contributed by atoms with Crippen LogP contribution in [0.2, 0.25) is 0 Å². The first-order valence-electron chi connectivity index (χ1n) is 8.63. The molecule has 4 atom stereocenters. The number of piperidine rings is 3. The Hall–Kier alpha value is -0.870. The lowest BCUT2D eigenvalue weighted by molar-refractivity contribution is -0.181. The van der Waals surface area contributed by atoms with Crippen LogP contribution in [0.4, 0.5) is 0 Å². The van der Waals surface area contributed by atoms with Crippen LogP contribution >= 0.6 is 0 Å². The largest absolute Gasteiger partial charge is 0.450 e. The second-order valence-electron chi connectivity index (χ2n) is 6.99. The number of likely N-dealkylation sites (N-methyl/N-ethyl adjacent to an activating group) is 1. The van der Waals surface area contributed by atoms with Crippen LogP contribution in [0.1, 0.15) is 46.0 Å². The Balaban J connectivity index is 1.74. The number of ether oxygens (including phenoxy) is 1. The molecule has 0 aromatic heterocycles. The van der Waals surface area contributed by atoms with Crippen molar-refractivity contribution in [3.63, 3.8) is 0 Å². The van der Waals surface area contributed by atoms with Gasteiger partial charge in [0.25, 0.3) is 0 Å². The molecule has 0 radical (unpaired) electrons. The van der Waals surface area contributed by atoms with E-state index in [-0.39, 0.29) is 11.6 Å². The molecule has 4 fully saturated rings. The van der Waals surface area contributed by atoms with Crippen LogP contribution in [0.15, 0.2) is 11.6 Å². The van der Waals surface area contributed by atoms with Gasteiger partial charge in [0.1, 0.15) is 0 Å². The summed E-state index contributed by atoms with van der Waals surface area (Å²) < 4.78 is 5.98. The van der Waals surface area contributed by atoms with Crippen molar-refractivity contribution in [3.8, 4) is 0 Å². The van der Waals surface area contributed by atoms with Crippen molar-refractivity contribution in [3.05, 3.63) is 11.6 Å². The Morgan fingerprint density at radius 3 is 2.95 bits per heavy atom. The molecule has 1 saturated carbocycles. The molecule has 4 aliphatic heterocycles. The molecule has 0 aromatic carbocycles. The molecule has 2 bridgehead atoms. The van der Waals surface area contributed by atoms with E-state index < -0.39 is 0 Å². The van der Waals surface area contributed by atoms with Crippen LogP contribution in [0.25, 0.3) is 0 Å². The van der Waals surface area contributed by atoms with Crippen LogP contribution in [-0.4, -0.2) is 59.1 Å². The van der Waals surface area contributed by atoms with Gasteiger partial charge in [0.05, 0.1) is 6.04 Å². The molecule has 4 heterocycles. The van der Waals surface area contributed by atoms with Crippen LogP contribution in [0.3, 0.4) is 0 Å². The number of fused-ring (bicyclic) bond motifs is 1. The first-order chi connectivity index (χ1) is 10.2. The lowest BCUT2D eigenvalue weighted by Gasteiger charge is -2.62. The number of carbonyl (C=O) groups excluding carboxylic acids is 1. The molecule has 1 aliphatic carbocycles. The monoisotopic (exact) mass is 290 g/mol. The van der Waals surface area contributed by atoms with E-state index in [0.29, 0.717) is 18.1 Å². The van der Waals surface area contributed by atoms with Crippen molar-refractivity contribution in [2.75, 3.05) is 19.6 Å². The van der Waals surface area contributed by atoms with Crippen molar-refractivity contribution in [2.45, 2.75) is 69.7 Å². The van der Waals surface area contributed by atoms with Gasteiger partial charge in [-0.2, -0.15) is 0 Å². The van der Waals surface area contributed by atoms with E-state index in [9.17, 15) is 4.79 Å². The molecular weight excluding hydrogens is 264 g/mol. The van der Waals surface area contributed by atoms with Crippen LogP contribution in [0, 0.1) is 0 Å². The Kier molecular flexibility index (Phi) is 3.16. The summed E-state index contributed by atoms with van der Waals surface area (Å²) in [6, 6.07) is 1.56. The van der Waals surface area contributed by atoms with E-state index in [1.54, 1.807) is 6.08 Å². The van der Waals surface area contributed by atoms with Crippen LogP contribution in [0.5, 0.6) is 0 Å². The minimum Gasteiger partial charge on any atom is -0.450 e.